The molecule has 0 N–H and O–H groups in total. The Bertz CT molecular complexity index is 441. The minimum Gasteiger partial charge on any atom is -0.374 e. The quantitative estimate of drug-likeness (QED) is 0.448. The smallest absolute Gasteiger partial charge is 0.168 e. The second kappa shape index (κ2) is 10.2. The standard InChI is InChI=1S/C22H36O2/c1-3-5-7-9-16-22(17-10-11-18-24-22)20-15-12-14-19(21(20)23)13-8-6-4-2/h12,14-15,20H,3-11,13,16-18H2,1-2H3. The Labute approximate surface area is 148 Å². The molecule has 0 saturated carbocycles. The fourth-order valence-electron chi connectivity index (χ4n) is 4.16. The topological polar surface area (TPSA) is 26.3 Å². The molecule has 136 valence electrons. The molecular formula is C22H36O2. The number of Topliss-reactive ketones (excluding diaryl/α,β-unsaturated/α-hetero) is 1. The summed E-state index contributed by atoms with van der Waals surface area (Å²) in [5.74, 6) is 0.284. The van der Waals surface area contributed by atoms with E-state index in [4.69, 9.17) is 4.74 Å². The highest BCUT2D eigenvalue weighted by Gasteiger charge is 2.44. The van der Waals surface area contributed by atoms with Crippen LogP contribution < -0.4 is 0 Å². The summed E-state index contributed by atoms with van der Waals surface area (Å²) in [6.07, 6.45) is 20.1. The molecule has 0 aromatic carbocycles. The van der Waals surface area contributed by atoms with Gasteiger partial charge in [0.2, 0.25) is 0 Å². The normalized spacial score (nSPS) is 27.3. The Kier molecular flexibility index (Phi) is 8.24. The van der Waals surface area contributed by atoms with E-state index in [-0.39, 0.29) is 11.5 Å². The highest BCUT2D eigenvalue weighted by atomic mass is 16.5. The highest BCUT2D eigenvalue weighted by Crippen LogP contribution is 2.41. The predicted octanol–water partition coefficient (Wildman–Crippen LogP) is 6.16. The first-order valence-corrected chi connectivity index (χ1v) is 10.3. The summed E-state index contributed by atoms with van der Waals surface area (Å²) in [7, 11) is 0. The molecule has 2 atom stereocenters. The van der Waals surface area contributed by atoms with Crippen molar-refractivity contribution in [2.45, 2.75) is 96.5 Å². The molecule has 1 fully saturated rings. The van der Waals surface area contributed by atoms with E-state index in [0.717, 1.165) is 44.3 Å². The lowest BCUT2D eigenvalue weighted by Crippen LogP contribution is -2.47. The van der Waals surface area contributed by atoms with Crippen LogP contribution in [0.4, 0.5) is 0 Å². The van der Waals surface area contributed by atoms with Crippen LogP contribution in [-0.4, -0.2) is 18.0 Å². The zero-order valence-electron chi connectivity index (χ0n) is 15.8. The average Bonchev–Trinajstić information content (AvgIpc) is 2.61. The molecule has 2 nitrogen and oxygen atoms in total. The van der Waals surface area contributed by atoms with Crippen molar-refractivity contribution in [1.29, 1.82) is 0 Å². The number of hydrogen-bond donors (Lipinski definition) is 0. The Morgan fingerprint density at radius 3 is 2.58 bits per heavy atom. The molecule has 2 aliphatic rings. The van der Waals surface area contributed by atoms with Gasteiger partial charge in [0.25, 0.3) is 0 Å². The van der Waals surface area contributed by atoms with Gasteiger partial charge >= 0.3 is 0 Å². The number of allylic oxidation sites excluding steroid dienone is 3. The van der Waals surface area contributed by atoms with Crippen LogP contribution >= 0.6 is 0 Å². The maximum absolute atomic E-state index is 13.1. The fraction of sp³-hybridized carbons (Fsp3) is 0.773. The van der Waals surface area contributed by atoms with Gasteiger partial charge in [-0.2, -0.15) is 0 Å². The van der Waals surface area contributed by atoms with Crippen molar-refractivity contribution in [1.82, 2.24) is 0 Å². The molecule has 2 heteroatoms. The fourth-order valence-corrected chi connectivity index (χ4v) is 4.16. The number of hydrogen-bond acceptors (Lipinski definition) is 2. The third-order valence-electron chi connectivity index (χ3n) is 5.65. The van der Waals surface area contributed by atoms with Crippen molar-refractivity contribution in [3.05, 3.63) is 23.8 Å². The zero-order valence-corrected chi connectivity index (χ0v) is 15.8. The molecule has 1 aliphatic heterocycles. The van der Waals surface area contributed by atoms with Crippen LogP contribution in [0.25, 0.3) is 0 Å². The van der Waals surface area contributed by atoms with Gasteiger partial charge in [0.15, 0.2) is 5.78 Å². The largest absolute Gasteiger partial charge is 0.374 e. The summed E-state index contributed by atoms with van der Waals surface area (Å²) >= 11 is 0. The molecule has 1 heterocycles. The first kappa shape index (κ1) is 19.4. The lowest BCUT2D eigenvalue weighted by Gasteiger charge is -2.43. The van der Waals surface area contributed by atoms with E-state index >= 15 is 0 Å². The summed E-state index contributed by atoms with van der Waals surface area (Å²) in [6, 6.07) is 0. The molecule has 0 aromatic heterocycles. The molecule has 0 spiro atoms. The van der Waals surface area contributed by atoms with E-state index in [2.05, 4.69) is 26.0 Å². The van der Waals surface area contributed by atoms with Gasteiger partial charge in [-0.3, -0.25) is 4.79 Å². The average molecular weight is 333 g/mol. The minimum absolute atomic E-state index is 0.0546. The summed E-state index contributed by atoms with van der Waals surface area (Å²) in [4.78, 5) is 13.1. The van der Waals surface area contributed by atoms with Crippen LogP contribution in [0.2, 0.25) is 0 Å². The van der Waals surface area contributed by atoms with Crippen LogP contribution in [0.1, 0.15) is 90.9 Å². The van der Waals surface area contributed by atoms with Crippen LogP contribution in [0.3, 0.4) is 0 Å². The van der Waals surface area contributed by atoms with Crippen LogP contribution in [0, 0.1) is 5.92 Å². The lowest BCUT2D eigenvalue weighted by molar-refractivity contribution is -0.141. The van der Waals surface area contributed by atoms with Gasteiger partial charge in [-0.15, -0.1) is 0 Å². The van der Waals surface area contributed by atoms with Gasteiger partial charge in [-0.1, -0.05) is 70.6 Å². The monoisotopic (exact) mass is 332 g/mol. The summed E-state index contributed by atoms with van der Waals surface area (Å²) in [5, 5.41) is 0. The van der Waals surface area contributed by atoms with E-state index in [9.17, 15) is 4.79 Å². The molecule has 0 aromatic rings. The molecule has 1 saturated heterocycles. The molecule has 1 aliphatic carbocycles. The molecule has 0 amide bonds. The van der Waals surface area contributed by atoms with Crippen molar-refractivity contribution < 1.29 is 9.53 Å². The number of ether oxygens (including phenoxy) is 1. The number of ketones is 1. The Balaban J connectivity index is 2.04. The summed E-state index contributed by atoms with van der Waals surface area (Å²) < 4.78 is 6.33. The van der Waals surface area contributed by atoms with Crippen LogP contribution in [0.5, 0.6) is 0 Å². The van der Waals surface area contributed by atoms with Crippen molar-refractivity contribution in [3.8, 4) is 0 Å². The first-order chi connectivity index (χ1) is 11.7. The van der Waals surface area contributed by atoms with E-state index in [1.165, 1.54) is 44.9 Å². The van der Waals surface area contributed by atoms with Gasteiger partial charge in [0.05, 0.1) is 11.5 Å². The Morgan fingerprint density at radius 2 is 1.88 bits per heavy atom. The van der Waals surface area contributed by atoms with Gasteiger partial charge in [-0.25, -0.2) is 0 Å². The second-order valence-electron chi connectivity index (χ2n) is 7.56. The van der Waals surface area contributed by atoms with E-state index in [0.29, 0.717) is 5.78 Å². The molecule has 2 rings (SSSR count). The predicted molar refractivity (Wildman–Crippen MR) is 101 cm³/mol. The van der Waals surface area contributed by atoms with E-state index in [1.54, 1.807) is 0 Å². The summed E-state index contributed by atoms with van der Waals surface area (Å²) in [5.41, 5.74) is 0.794. The molecule has 24 heavy (non-hydrogen) atoms. The molecule has 0 bridgehead atoms. The Hall–Kier alpha value is -0.890. The van der Waals surface area contributed by atoms with Gasteiger partial charge in [0, 0.05) is 6.61 Å². The third kappa shape index (κ3) is 5.05. The molecule has 0 radical (unpaired) electrons. The second-order valence-corrected chi connectivity index (χ2v) is 7.56. The van der Waals surface area contributed by atoms with Crippen LogP contribution in [0.15, 0.2) is 23.8 Å². The van der Waals surface area contributed by atoms with Gasteiger partial charge in [0.1, 0.15) is 0 Å². The maximum atomic E-state index is 13.1. The highest BCUT2D eigenvalue weighted by molar-refractivity contribution is 6.00. The lowest BCUT2D eigenvalue weighted by atomic mass is 9.72. The number of carbonyl (C=O) groups is 1. The zero-order chi connectivity index (χ0) is 17.3. The van der Waals surface area contributed by atoms with Gasteiger partial charge in [-0.05, 0) is 44.1 Å². The summed E-state index contributed by atoms with van der Waals surface area (Å²) in [6.45, 7) is 5.27. The van der Waals surface area contributed by atoms with Crippen molar-refractivity contribution in [2.75, 3.05) is 6.61 Å². The van der Waals surface area contributed by atoms with Crippen molar-refractivity contribution in [2.24, 2.45) is 5.92 Å². The van der Waals surface area contributed by atoms with Crippen molar-refractivity contribution in [3.63, 3.8) is 0 Å². The van der Waals surface area contributed by atoms with E-state index in [1.807, 2.05) is 6.08 Å². The van der Waals surface area contributed by atoms with Crippen molar-refractivity contribution >= 4 is 5.78 Å². The SMILES string of the molecule is CCCCCCC1(C2C=CC=C(CCCCC)C2=O)CCCCO1. The van der Waals surface area contributed by atoms with Gasteiger partial charge < -0.3 is 4.74 Å². The number of rotatable bonds is 10. The maximum Gasteiger partial charge on any atom is 0.168 e. The Morgan fingerprint density at radius 1 is 1.08 bits per heavy atom. The number of carbonyl (C=O) groups excluding carboxylic acids is 1. The third-order valence-corrected chi connectivity index (χ3v) is 5.65. The van der Waals surface area contributed by atoms with Crippen LogP contribution in [-0.2, 0) is 9.53 Å². The first-order valence-electron chi connectivity index (χ1n) is 10.3. The minimum atomic E-state index is -0.232. The number of unbranched alkanes of at least 4 members (excludes halogenated alkanes) is 5. The molecule has 2 unspecified atom stereocenters. The van der Waals surface area contributed by atoms with E-state index < -0.39 is 0 Å². The molecular weight excluding hydrogens is 296 g/mol.